The Morgan fingerprint density at radius 3 is 2.60 bits per heavy atom. The summed E-state index contributed by atoms with van der Waals surface area (Å²) >= 11 is 0. The number of hydrogen-bond donors (Lipinski definition) is 0. The fourth-order valence-electron chi connectivity index (χ4n) is 2.21. The minimum atomic E-state index is -0.472. The number of aromatic nitrogens is 3. The van der Waals surface area contributed by atoms with E-state index in [1.807, 2.05) is 27.7 Å². The van der Waals surface area contributed by atoms with E-state index in [9.17, 15) is 9.18 Å². The van der Waals surface area contributed by atoms with Gasteiger partial charge in [-0.05, 0) is 24.5 Å². The lowest BCUT2D eigenvalue weighted by molar-refractivity contribution is 0.0836. The molecular formula is C18H24FN3O3. The highest BCUT2D eigenvalue weighted by atomic mass is 19.1. The molecule has 136 valence electrons. The molecule has 0 atom stereocenters. The van der Waals surface area contributed by atoms with E-state index in [0.29, 0.717) is 13.2 Å². The Morgan fingerprint density at radius 2 is 1.96 bits per heavy atom. The zero-order valence-corrected chi connectivity index (χ0v) is 15.1. The molecule has 0 fully saturated rings. The van der Waals surface area contributed by atoms with Crippen LogP contribution in [0.15, 0.2) is 24.3 Å². The van der Waals surface area contributed by atoms with Crippen molar-refractivity contribution < 1.29 is 18.7 Å². The van der Waals surface area contributed by atoms with Gasteiger partial charge in [0.15, 0.2) is 5.82 Å². The molecule has 0 N–H and O–H groups in total. The van der Waals surface area contributed by atoms with Crippen molar-refractivity contribution in [3.8, 4) is 17.4 Å². The van der Waals surface area contributed by atoms with E-state index in [0.717, 1.165) is 4.68 Å². The molecule has 1 heterocycles. The van der Waals surface area contributed by atoms with Crippen molar-refractivity contribution in [2.45, 2.75) is 34.1 Å². The van der Waals surface area contributed by atoms with Crippen molar-refractivity contribution in [1.29, 1.82) is 0 Å². The summed E-state index contributed by atoms with van der Waals surface area (Å²) in [6.45, 7) is 8.94. The van der Waals surface area contributed by atoms with Gasteiger partial charge in [-0.15, -0.1) is 5.10 Å². The fourth-order valence-corrected chi connectivity index (χ4v) is 2.21. The third-order valence-electron chi connectivity index (χ3n) is 3.28. The molecule has 7 heteroatoms. The molecule has 0 aliphatic heterocycles. The molecule has 0 saturated heterocycles. The molecule has 0 saturated carbocycles. The minimum Gasteiger partial charge on any atom is -0.460 e. The third-order valence-corrected chi connectivity index (χ3v) is 3.28. The lowest BCUT2D eigenvalue weighted by atomic mass is 9.92. The monoisotopic (exact) mass is 349 g/mol. The number of rotatable bonds is 7. The van der Waals surface area contributed by atoms with E-state index >= 15 is 0 Å². The molecule has 6 nitrogen and oxygen atoms in total. The highest BCUT2D eigenvalue weighted by Gasteiger charge is 2.24. The molecule has 1 aromatic heterocycles. The van der Waals surface area contributed by atoms with Crippen LogP contribution in [0.4, 0.5) is 4.39 Å². The highest BCUT2D eigenvalue weighted by molar-refractivity contribution is 5.82. The van der Waals surface area contributed by atoms with Gasteiger partial charge in [-0.25, -0.2) is 4.39 Å². The standard InChI is InChI=1S/C18H24FN3O3/c1-5-24-10-11-25-17-20-16(13-8-6-7-9-14(13)19)22(21-17)15(23)12-18(2,3)4/h6-9H,5,10-12H2,1-4H3. The Labute approximate surface area is 147 Å². The van der Waals surface area contributed by atoms with Crippen LogP contribution in [0.5, 0.6) is 6.01 Å². The third kappa shape index (κ3) is 5.35. The number of nitrogens with zero attached hydrogens (tertiary/aromatic N) is 3. The first kappa shape index (κ1) is 19.1. The van der Waals surface area contributed by atoms with E-state index in [1.165, 1.54) is 6.07 Å². The second kappa shape index (κ2) is 8.20. The number of benzene rings is 1. The molecular weight excluding hydrogens is 325 g/mol. The summed E-state index contributed by atoms with van der Waals surface area (Å²) in [7, 11) is 0. The van der Waals surface area contributed by atoms with Gasteiger partial charge in [-0.3, -0.25) is 4.79 Å². The predicted octanol–water partition coefficient (Wildman–Crippen LogP) is 3.58. The normalized spacial score (nSPS) is 11.6. The number of ether oxygens (including phenoxy) is 2. The van der Waals surface area contributed by atoms with Gasteiger partial charge >= 0.3 is 6.01 Å². The minimum absolute atomic E-state index is 0.0280. The molecule has 1 aromatic carbocycles. The molecule has 0 spiro atoms. The molecule has 25 heavy (non-hydrogen) atoms. The molecule has 0 amide bonds. The topological polar surface area (TPSA) is 66.2 Å². The Bertz CT molecular complexity index is 723. The number of carbonyl (C=O) groups is 1. The van der Waals surface area contributed by atoms with Gasteiger partial charge in [0.25, 0.3) is 0 Å². The van der Waals surface area contributed by atoms with Gasteiger partial charge in [-0.1, -0.05) is 32.9 Å². The Hall–Kier alpha value is -2.28. The van der Waals surface area contributed by atoms with Crippen LogP contribution in [0.25, 0.3) is 11.4 Å². The van der Waals surface area contributed by atoms with Crippen LogP contribution in [0, 0.1) is 11.2 Å². The van der Waals surface area contributed by atoms with Crippen LogP contribution in [-0.4, -0.2) is 40.5 Å². The smallest absolute Gasteiger partial charge is 0.336 e. The van der Waals surface area contributed by atoms with E-state index in [4.69, 9.17) is 9.47 Å². The molecule has 0 bridgehead atoms. The van der Waals surface area contributed by atoms with Crippen LogP contribution in [-0.2, 0) is 4.74 Å². The van der Waals surface area contributed by atoms with E-state index in [2.05, 4.69) is 10.1 Å². The summed E-state index contributed by atoms with van der Waals surface area (Å²) in [5, 5.41) is 4.12. The molecule has 2 aromatic rings. The van der Waals surface area contributed by atoms with Gasteiger partial charge in [0.2, 0.25) is 5.91 Å². The number of carbonyl (C=O) groups excluding carboxylic acids is 1. The maximum atomic E-state index is 14.2. The molecule has 0 radical (unpaired) electrons. The largest absolute Gasteiger partial charge is 0.460 e. The summed E-state index contributed by atoms with van der Waals surface area (Å²) in [6, 6.07) is 6.17. The molecule has 0 aliphatic carbocycles. The first-order valence-corrected chi connectivity index (χ1v) is 8.27. The van der Waals surface area contributed by atoms with Gasteiger partial charge in [-0.2, -0.15) is 9.67 Å². The molecule has 0 aliphatic rings. The Morgan fingerprint density at radius 1 is 1.24 bits per heavy atom. The molecule has 2 rings (SSSR count). The van der Waals surface area contributed by atoms with Crippen molar-refractivity contribution >= 4 is 5.91 Å². The summed E-state index contributed by atoms with van der Waals surface area (Å²) in [6.07, 6.45) is 0.246. The van der Waals surface area contributed by atoms with Crippen molar-refractivity contribution in [3.05, 3.63) is 30.1 Å². The van der Waals surface area contributed by atoms with E-state index in [-0.39, 0.29) is 41.7 Å². The summed E-state index contributed by atoms with van der Waals surface area (Å²) in [5.41, 5.74) is -0.0252. The lowest BCUT2D eigenvalue weighted by Crippen LogP contribution is -2.21. The van der Waals surface area contributed by atoms with Crippen LogP contribution < -0.4 is 4.74 Å². The van der Waals surface area contributed by atoms with Crippen molar-refractivity contribution in [2.24, 2.45) is 5.41 Å². The van der Waals surface area contributed by atoms with Crippen LogP contribution in [0.1, 0.15) is 38.9 Å². The van der Waals surface area contributed by atoms with Crippen molar-refractivity contribution in [3.63, 3.8) is 0 Å². The van der Waals surface area contributed by atoms with Crippen LogP contribution in [0.2, 0.25) is 0 Å². The van der Waals surface area contributed by atoms with Gasteiger partial charge in [0.1, 0.15) is 12.4 Å². The number of hydrogen-bond acceptors (Lipinski definition) is 5. The summed E-state index contributed by atoms with van der Waals surface area (Å²) in [5.74, 6) is -0.600. The van der Waals surface area contributed by atoms with Gasteiger partial charge in [0, 0.05) is 13.0 Å². The zero-order valence-electron chi connectivity index (χ0n) is 15.1. The highest BCUT2D eigenvalue weighted by Crippen LogP contribution is 2.26. The van der Waals surface area contributed by atoms with E-state index in [1.54, 1.807) is 18.2 Å². The maximum absolute atomic E-state index is 14.2. The van der Waals surface area contributed by atoms with Crippen molar-refractivity contribution in [1.82, 2.24) is 14.8 Å². The van der Waals surface area contributed by atoms with Gasteiger partial charge < -0.3 is 9.47 Å². The first-order valence-electron chi connectivity index (χ1n) is 8.27. The van der Waals surface area contributed by atoms with E-state index < -0.39 is 5.82 Å². The zero-order chi connectivity index (χ0) is 18.4. The Balaban J connectivity index is 2.33. The fraction of sp³-hybridized carbons (Fsp3) is 0.500. The summed E-state index contributed by atoms with van der Waals surface area (Å²) < 4.78 is 25.9. The lowest BCUT2D eigenvalue weighted by Gasteiger charge is -2.16. The first-order chi connectivity index (χ1) is 11.8. The average molecular weight is 349 g/mol. The summed E-state index contributed by atoms with van der Waals surface area (Å²) in [4.78, 5) is 16.8. The van der Waals surface area contributed by atoms with Gasteiger partial charge in [0.05, 0.1) is 12.2 Å². The maximum Gasteiger partial charge on any atom is 0.336 e. The van der Waals surface area contributed by atoms with Crippen LogP contribution >= 0.6 is 0 Å². The number of halogens is 1. The molecule has 0 unspecified atom stereocenters. The average Bonchev–Trinajstić information content (AvgIpc) is 2.94. The van der Waals surface area contributed by atoms with Crippen LogP contribution in [0.3, 0.4) is 0 Å². The second-order valence-corrected chi connectivity index (χ2v) is 6.79. The SMILES string of the molecule is CCOCCOc1nc(-c2ccccc2F)n(C(=O)CC(C)(C)C)n1. The second-order valence-electron chi connectivity index (χ2n) is 6.79. The quantitative estimate of drug-likeness (QED) is 0.715. The Kier molecular flexibility index (Phi) is 6.25. The predicted molar refractivity (Wildman–Crippen MR) is 92.1 cm³/mol. The van der Waals surface area contributed by atoms with Crippen molar-refractivity contribution in [2.75, 3.05) is 19.8 Å².